The zero-order valence-corrected chi connectivity index (χ0v) is 9.83. The van der Waals surface area contributed by atoms with Gasteiger partial charge in [-0.05, 0) is 0 Å². The third-order valence-corrected chi connectivity index (χ3v) is 1.56. The summed E-state index contributed by atoms with van der Waals surface area (Å²) in [5.74, 6) is 0.146. The van der Waals surface area contributed by atoms with E-state index in [2.05, 4.69) is 12.6 Å². The molecule has 0 aromatic carbocycles. The topological polar surface area (TPSA) is 54.0 Å². The van der Waals surface area contributed by atoms with Crippen molar-refractivity contribution in [3.05, 3.63) is 0 Å². The molecule has 90 valence electrons. The zero-order chi connectivity index (χ0) is 11.4. The second-order valence-electron chi connectivity index (χ2n) is 2.60. The van der Waals surface area contributed by atoms with Crippen molar-refractivity contribution in [3.8, 4) is 0 Å². The highest BCUT2D eigenvalue weighted by Gasteiger charge is 2.01. The Morgan fingerprint density at radius 1 is 1.07 bits per heavy atom. The van der Waals surface area contributed by atoms with Crippen molar-refractivity contribution in [3.63, 3.8) is 0 Å². The minimum Gasteiger partial charge on any atom is -0.463 e. The lowest BCUT2D eigenvalue weighted by atomic mass is 10.7. The molecule has 0 amide bonds. The van der Waals surface area contributed by atoms with Gasteiger partial charge in [-0.3, -0.25) is 0 Å². The summed E-state index contributed by atoms with van der Waals surface area (Å²) in [6.07, 6.45) is 0. The number of methoxy groups -OCH3 is 1. The predicted molar refractivity (Wildman–Crippen MR) is 58.3 cm³/mol. The number of thiol groups is 1. The number of carbonyl (C=O) groups excluding carboxylic acids is 1. The van der Waals surface area contributed by atoms with Gasteiger partial charge in [0.1, 0.15) is 13.2 Å². The molecule has 6 heteroatoms. The van der Waals surface area contributed by atoms with Crippen LogP contribution < -0.4 is 0 Å². The molecule has 0 rings (SSSR count). The molecule has 0 saturated carbocycles. The molecule has 0 aromatic heterocycles. The summed E-state index contributed by atoms with van der Waals surface area (Å²) in [6.45, 7) is 2.19. The maximum Gasteiger partial charge on any atom is 0.332 e. The van der Waals surface area contributed by atoms with E-state index >= 15 is 0 Å². The number of ether oxygens (including phenoxy) is 4. The van der Waals surface area contributed by atoms with E-state index in [1.165, 1.54) is 0 Å². The van der Waals surface area contributed by atoms with Crippen molar-refractivity contribution in [2.24, 2.45) is 0 Å². The first-order valence-electron chi connectivity index (χ1n) is 4.72. The Kier molecular flexibility index (Phi) is 11.5. The predicted octanol–water partition coefficient (Wildman–Crippen LogP) is 0.139. The summed E-state index contributed by atoms with van der Waals surface area (Å²) >= 11 is 3.90. The zero-order valence-electron chi connectivity index (χ0n) is 8.94. The van der Waals surface area contributed by atoms with E-state index in [1.54, 1.807) is 7.11 Å². The van der Waals surface area contributed by atoms with Crippen molar-refractivity contribution in [2.45, 2.75) is 0 Å². The first-order valence-corrected chi connectivity index (χ1v) is 5.35. The Hall–Kier alpha value is -0.300. The molecule has 0 unspecified atom stereocenters. The fourth-order valence-electron chi connectivity index (χ4n) is 0.719. The van der Waals surface area contributed by atoms with Crippen LogP contribution in [-0.4, -0.2) is 58.5 Å². The van der Waals surface area contributed by atoms with Gasteiger partial charge in [0.2, 0.25) is 0 Å². The van der Waals surface area contributed by atoms with Gasteiger partial charge in [0, 0.05) is 12.9 Å². The van der Waals surface area contributed by atoms with E-state index in [0.717, 1.165) is 0 Å². The molecule has 0 heterocycles. The van der Waals surface area contributed by atoms with Crippen LogP contribution in [0.25, 0.3) is 0 Å². The van der Waals surface area contributed by atoms with Gasteiger partial charge in [0.25, 0.3) is 0 Å². The van der Waals surface area contributed by atoms with Crippen LogP contribution in [-0.2, 0) is 23.7 Å². The Labute approximate surface area is 95.4 Å². The van der Waals surface area contributed by atoms with E-state index in [0.29, 0.717) is 38.8 Å². The molecule has 0 N–H and O–H groups in total. The maximum absolute atomic E-state index is 10.9. The number of hydrogen-bond donors (Lipinski definition) is 1. The summed E-state index contributed by atoms with van der Waals surface area (Å²) < 4.78 is 19.6. The van der Waals surface area contributed by atoms with Gasteiger partial charge in [-0.15, -0.1) is 0 Å². The Morgan fingerprint density at radius 3 is 2.40 bits per heavy atom. The standard InChI is InChI=1S/C9H18O5S/c1-11-2-3-12-4-5-13-8-9(10)14-6-7-15/h15H,2-8H2,1H3. The lowest BCUT2D eigenvalue weighted by Gasteiger charge is -2.05. The minimum atomic E-state index is -0.374. The molecule has 0 aliphatic carbocycles. The molecule has 15 heavy (non-hydrogen) atoms. The minimum absolute atomic E-state index is 0.0403. The van der Waals surface area contributed by atoms with Crippen molar-refractivity contribution in [1.82, 2.24) is 0 Å². The summed E-state index contributed by atoms with van der Waals surface area (Å²) in [7, 11) is 1.61. The van der Waals surface area contributed by atoms with Crippen LogP contribution in [0.2, 0.25) is 0 Å². The van der Waals surface area contributed by atoms with E-state index < -0.39 is 0 Å². The largest absolute Gasteiger partial charge is 0.463 e. The molecule has 0 fully saturated rings. The van der Waals surface area contributed by atoms with Gasteiger partial charge < -0.3 is 18.9 Å². The van der Waals surface area contributed by atoms with Crippen molar-refractivity contribution in [2.75, 3.05) is 52.5 Å². The van der Waals surface area contributed by atoms with Crippen molar-refractivity contribution >= 4 is 18.6 Å². The van der Waals surface area contributed by atoms with Crippen LogP contribution in [0, 0.1) is 0 Å². The molecule has 5 nitrogen and oxygen atoms in total. The molecule has 0 atom stereocenters. The highest BCUT2D eigenvalue weighted by molar-refractivity contribution is 7.80. The van der Waals surface area contributed by atoms with Crippen LogP contribution in [0.1, 0.15) is 0 Å². The van der Waals surface area contributed by atoms with E-state index in [1.807, 2.05) is 0 Å². The van der Waals surface area contributed by atoms with Crippen LogP contribution in [0.15, 0.2) is 0 Å². The second kappa shape index (κ2) is 11.8. The van der Waals surface area contributed by atoms with Crippen LogP contribution in [0.3, 0.4) is 0 Å². The van der Waals surface area contributed by atoms with E-state index in [-0.39, 0.29) is 12.6 Å². The lowest BCUT2D eigenvalue weighted by molar-refractivity contribution is -0.148. The molecule has 0 radical (unpaired) electrons. The summed E-state index contributed by atoms with van der Waals surface area (Å²) in [6, 6.07) is 0. The van der Waals surface area contributed by atoms with Gasteiger partial charge in [-0.2, -0.15) is 12.6 Å². The van der Waals surface area contributed by atoms with Crippen LogP contribution in [0.4, 0.5) is 0 Å². The smallest absolute Gasteiger partial charge is 0.332 e. The fraction of sp³-hybridized carbons (Fsp3) is 0.889. The third-order valence-electron chi connectivity index (χ3n) is 1.38. The number of carbonyl (C=O) groups is 1. The van der Waals surface area contributed by atoms with Gasteiger partial charge >= 0.3 is 5.97 Å². The summed E-state index contributed by atoms with van der Waals surface area (Å²) in [4.78, 5) is 10.9. The maximum atomic E-state index is 10.9. The normalized spacial score (nSPS) is 10.3. The van der Waals surface area contributed by atoms with Crippen LogP contribution in [0.5, 0.6) is 0 Å². The average molecular weight is 238 g/mol. The van der Waals surface area contributed by atoms with Gasteiger partial charge in [0.15, 0.2) is 0 Å². The summed E-state index contributed by atoms with van der Waals surface area (Å²) in [5.41, 5.74) is 0. The SMILES string of the molecule is COCCOCCOCC(=O)OCCS. The molecule has 0 aromatic rings. The Bertz CT molecular complexity index is 153. The quantitative estimate of drug-likeness (QED) is 0.333. The van der Waals surface area contributed by atoms with Gasteiger partial charge in [0.05, 0.1) is 26.4 Å². The first-order chi connectivity index (χ1) is 7.31. The number of hydrogen-bond acceptors (Lipinski definition) is 6. The molecular formula is C9H18O5S. The molecular weight excluding hydrogens is 220 g/mol. The highest BCUT2D eigenvalue weighted by atomic mass is 32.1. The molecule has 0 bridgehead atoms. The van der Waals surface area contributed by atoms with Crippen molar-refractivity contribution in [1.29, 1.82) is 0 Å². The van der Waals surface area contributed by atoms with Gasteiger partial charge in [-0.1, -0.05) is 0 Å². The molecule has 0 aliphatic rings. The van der Waals surface area contributed by atoms with E-state index in [4.69, 9.17) is 18.9 Å². The molecule has 0 aliphatic heterocycles. The van der Waals surface area contributed by atoms with Crippen molar-refractivity contribution < 1.29 is 23.7 Å². The highest BCUT2D eigenvalue weighted by Crippen LogP contribution is 1.84. The van der Waals surface area contributed by atoms with E-state index in [9.17, 15) is 4.79 Å². The summed E-state index contributed by atoms with van der Waals surface area (Å²) in [5, 5.41) is 0. The fourth-order valence-corrected chi connectivity index (χ4v) is 0.810. The second-order valence-corrected chi connectivity index (χ2v) is 3.05. The Balaban J connectivity index is 3.06. The average Bonchev–Trinajstić information content (AvgIpc) is 2.25. The Morgan fingerprint density at radius 2 is 1.73 bits per heavy atom. The monoisotopic (exact) mass is 238 g/mol. The van der Waals surface area contributed by atoms with Crippen LogP contribution >= 0.6 is 12.6 Å². The third kappa shape index (κ3) is 11.6. The molecule has 0 saturated heterocycles. The number of esters is 1. The van der Waals surface area contributed by atoms with Gasteiger partial charge in [-0.25, -0.2) is 4.79 Å². The lowest BCUT2D eigenvalue weighted by Crippen LogP contribution is -2.16. The number of rotatable bonds is 10. The first kappa shape index (κ1) is 14.7. The molecule has 0 spiro atoms.